The summed E-state index contributed by atoms with van der Waals surface area (Å²) in [5.74, 6) is 0.759. The number of nitrogens with one attached hydrogen (secondary N) is 1. The molecule has 0 aromatic carbocycles. The largest absolute Gasteiger partial charge is 0.356 e. The van der Waals surface area contributed by atoms with Crippen LogP contribution in [-0.2, 0) is 4.79 Å². The van der Waals surface area contributed by atoms with E-state index in [1.54, 1.807) is 0 Å². The molecule has 0 spiro atoms. The molecule has 0 rings (SSSR count). The fourth-order valence-corrected chi connectivity index (χ4v) is 0.712. The van der Waals surface area contributed by atoms with Gasteiger partial charge in [-0.1, -0.05) is 41.5 Å². The smallest absolute Gasteiger partial charge is 0.223 e. The minimum atomic E-state index is 0.140. The number of carbonyl (C=O) groups is 1. The Labute approximate surface area is 83.1 Å². The number of hydrogen-bond donors (Lipinski definition) is 1. The number of carbonyl (C=O) groups excluding carboxylic acids is 1. The molecule has 0 saturated carbocycles. The van der Waals surface area contributed by atoms with Gasteiger partial charge < -0.3 is 5.32 Å². The molecule has 0 aromatic rings. The maximum absolute atomic E-state index is 11.2. The molecule has 0 saturated heterocycles. The second kappa shape index (κ2) is 9.56. The van der Waals surface area contributed by atoms with Crippen LogP contribution in [0.4, 0.5) is 0 Å². The quantitative estimate of drug-likeness (QED) is 0.720. The third-order valence-corrected chi connectivity index (χ3v) is 1.96. The first kappa shape index (κ1) is 15.0. The number of rotatable bonds is 4. The van der Waals surface area contributed by atoms with Crippen LogP contribution in [-0.4, -0.2) is 12.5 Å². The summed E-state index contributed by atoms with van der Waals surface area (Å²) < 4.78 is 0. The normalized spacial score (nSPS) is 11.6. The van der Waals surface area contributed by atoms with Crippen LogP contribution < -0.4 is 5.32 Å². The Balaban J connectivity index is 0. The van der Waals surface area contributed by atoms with Gasteiger partial charge in [0.1, 0.15) is 0 Å². The van der Waals surface area contributed by atoms with E-state index in [-0.39, 0.29) is 11.8 Å². The van der Waals surface area contributed by atoms with E-state index >= 15 is 0 Å². The minimum Gasteiger partial charge on any atom is -0.356 e. The molecule has 80 valence electrons. The van der Waals surface area contributed by atoms with Crippen molar-refractivity contribution in [3.63, 3.8) is 0 Å². The lowest BCUT2D eigenvalue weighted by Gasteiger charge is -2.14. The van der Waals surface area contributed by atoms with Crippen molar-refractivity contribution in [3.8, 4) is 0 Å². The van der Waals surface area contributed by atoms with E-state index in [0.717, 1.165) is 13.0 Å². The molecule has 0 aromatic heterocycles. The average Bonchev–Trinajstić information content (AvgIpc) is 2.16. The van der Waals surface area contributed by atoms with Crippen molar-refractivity contribution in [3.05, 3.63) is 0 Å². The van der Waals surface area contributed by atoms with E-state index in [1.165, 1.54) is 0 Å². The highest BCUT2D eigenvalue weighted by Gasteiger charge is 2.14. The Morgan fingerprint density at radius 2 is 1.69 bits per heavy atom. The summed E-state index contributed by atoms with van der Waals surface area (Å²) in [5.41, 5.74) is 0. The maximum atomic E-state index is 11.2. The van der Waals surface area contributed by atoms with Crippen molar-refractivity contribution < 1.29 is 4.79 Å². The zero-order valence-electron chi connectivity index (χ0n) is 9.98. The predicted octanol–water partition coefficient (Wildman–Crippen LogP) is 2.83. The van der Waals surface area contributed by atoms with Gasteiger partial charge >= 0.3 is 0 Å². The highest BCUT2D eigenvalue weighted by molar-refractivity contribution is 5.78. The molecule has 0 aliphatic heterocycles. The summed E-state index contributed by atoms with van der Waals surface area (Å²) >= 11 is 0. The Bertz CT molecular complexity index is 121. The van der Waals surface area contributed by atoms with Gasteiger partial charge in [-0.3, -0.25) is 4.79 Å². The Kier molecular flexibility index (Phi) is 11.0. The van der Waals surface area contributed by atoms with Crippen molar-refractivity contribution in [1.29, 1.82) is 0 Å². The van der Waals surface area contributed by atoms with Crippen LogP contribution in [0.1, 0.15) is 48.0 Å². The van der Waals surface area contributed by atoms with E-state index in [1.807, 2.05) is 20.8 Å². The number of hydrogen-bond acceptors (Lipinski definition) is 1. The average molecular weight is 187 g/mol. The Morgan fingerprint density at radius 1 is 1.23 bits per heavy atom. The van der Waals surface area contributed by atoms with E-state index < -0.39 is 0 Å². The standard InChI is InChI=1S/C9H19NO.C2H6/c1-5-6-10-9(11)8(4)7(2)3;1-2/h7-8H,5-6H2,1-4H3,(H,10,11);1-2H3. The lowest BCUT2D eigenvalue weighted by Crippen LogP contribution is -2.32. The minimum absolute atomic E-state index is 0.140. The summed E-state index contributed by atoms with van der Waals surface area (Å²) in [6, 6.07) is 0. The fourth-order valence-electron chi connectivity index (χ4n) is 0.712. The molecule has 1 N–H and O–H groups in total. The molecule has 1 unspecified atom stereocenters. The second-order valence-electron chi connectivity index (χ2n) is 3.32. The molecule has 0 bridgehead atoms. The zero-order valence-corrected chi connectivity index (χ0v) is 9.98. The molecule has 2 heteroatoms. The van der Waals surface area contributed by atoms with Gasteiger partial charge in [-0.15, -0.1) is 0 Å². The molecule has 0 heterocycles. The van der Waals surface area contributed by atoms with Crippen molar-refractivity contribution in [2.24, 2.45) is 11.8 Å². The van der Waals surface area contributed by atoms with Gasteiger partial charge in [0.25, 0.3) is 0 Å². The van der Waals surface area contributed by atoms with E-state index in [0.29, 0.717) is 5.92 Å². The second-order valence-corrected chi connectivity index (χ2v) is 3.32. The van der Waals surface area contributed by atoms with Gasteiger partial charge in [-0.2, -0.15) is 0 Å². The van der Waals surface area contributed by atoms with Crippen molar-refractivity contribution >= 4 is 5.91 Å². The lowest BCUT2D eigenvalue weighted by atomic mass is 9.97. The molecule has 1 amide bonds. The molecular formula is C11H25NO. The maximum Gasteiger partial charge on any atom is 0.223 e. The summed E-state index contributed by atoms with van der Waals surface area (Å²) in [6.45, 7) is 13.0. The van der Waals surface area contributed by atoms with Crippen LogP contribution in [0.25, 0.3) is 0 Å². The van der Waals surface area contributed by atoms with Crippen molar-refractivity contribution in [1.82, 2.24) is 5.32 Å². The molecular weight excluding hydrogens is 162 g/mol. The van der Waals surface area contributed by atoms with Crippen LogP contribution in [0.5, 0.6) is 0 Å². The summed E-state index contributed by atoms with van der Waals surface area (Å²) in [5, 5.41) is 2.87. The predicted molar refractivity (Wildman–Crippen MR) is 58.7 cm³/mol. The van der Waals surface area contributed by atoms with Crippen LogP contribution in [0, 0.1) is 11.8 Å². The van der Waals surface area contributed by atoms with Gasteiger partial charge in [-0.05, 0) is 12.3 Å². The Morgan fingerprint density at radius 3 is 2.00 bits per heavy atom. The Hall–Kier alpha value is -0.530. The first-order chi connectivity index (χ1) is 6.09. The molecule has 1 atom stereocenters. The first-order valence-corrected chi connectivity index (χ1v) is 5.37. The molecule has 0 fully saturated rings. The SMILES string of the molecule is CC.CCCNC(=O)C(C)C(C)C. The monoisotopic (exact) mass is 187 g/mol. The third kappa shape index (κ3) is 7.82. The fraction of sp³-hybridized carbons (Fsp3) is 0.909. The molecule has 0 aliphatic rings. The highest BCUT2D eigenvalue weighted by atomic mass is 16.1. The van der Waals surface area contributed by atoms with E-state index in [4.69, 9.17) is 0 Å². The topological polar surface area (TPSA) is 29.1 Å². The highest BCUT2D eigenvalue weighted by Crippen LogP contribution is 2.08. The zero-order chi connectivity index (χ0) is 10.9. The summed E-state index contributed by atoms with van der Waals surface area (Å²) in [4.78, 5) is 11.2. The van der Waals surface area contributed by atoms with Gasteiger partial charge in [0.2, 0.25) is 5.91 Å². The van der Waals surface area contributed by atoms with Crippen LogP contribution >= 0.6 is 0 Å². The van der Waals surface area contributed by atoms with E-state index in [9.17, 15) is 4.79 Å². The van der Waals surface area contributed by atoms with Gasteiger partial charge in [0.15, 0.2) is 0 Å². The van der Waals surface area contributed by atoms with Crippen LogP contribution in [0.15, 0.2) is 0 Å². The van der Waals surface area contributed by atoms with Gasteiger partial charge in [-0.25, -0.2) is 0 Å². The molecule has 0 aliphatic carbocycles. The van der Waals surface area contributed by atoms with Gasteiger partial charge in [0, 0.05) is 12.5 Å². The first-order valence-electron chi connectivity index (χ1n) is 5.37. The summed E-state index contributed by atoms with van der Waals surface area (Å²) in [7, 11) is 0. The van der Waals surface area contributed by atoms with Gasteiger partial charge in [0.05, 0.1) is 0 Å². The lowest BCUT2D eigenvalue weighted by molar-refractivity contribution is -0.125. The van der Waals surface area contributed by atoms with E-state index in [2.05, 4.69) is 26.1 Å². The molecule has 13 heavy (non-hydrogen) atoms. The summed E-state index contributed by atoms with van der Waals surface area (Å²) in [6.07, 6.45) is 1.01. The third-order valence-electron chi connectivity index (χ3n) is 1.96. The molecule has 0 radical (unpaired) electrons. The van der Waals surface area contributed by atoms with Crippen LogP contribution in [0.3, 0.4) is 0 Å². The van der Waals surface area contributed by atoms with Crippen molar-refractivity contribution in [2.45, 2.75) is 48.0 Å². The molecule has 2 nitrogen and oxygen atoms in total. The van der Waals surface area contributed by atoms with Crippen molar-refractivity contribution in [2.75, 3.05) is 6.54 Å². The van der Waals surface area contributed by atoms with Crippen LogP contribution in [0.2, 0.25) is 0 Å². The number of amides is 1.